The number of aryl methyl sites for hydroxylation is 1. The summed E-state index contributed by atoms with van der Waals surface area (Å²) in [6.07, 6.45) is 4.24. The zero-order chi connectivity index (χ0) is 41.8. The summed E-state index contributed by atoms with van der Waals surface area (Å²) in [6, 6.07) is 11.0. The van der Waals surface area contributed by atoms with Gasteiger partial charge in [-0.15, -0.1) is 0 Å². The number of nitrogens with two attached hydrogens (primary N) is 1. The van der Waals surface area contributed by atoms with Crippen LogP contribution in [0.15, 0.2) is 53.7 Å². The van der Waals surface area contributed by atoms with Crippen molar-refractivity contribution in [3.63, 3.8) is 0 Å². The molecule has 2 aromatic heterocycles. The monoisotopic (exact) mass is 810 g/mol. The number of halogens is 2. The average Bonchev–Trinajstić information content (AvgIpc) is 3.53. The Bertz CT molecular complexity index is 2330. The van der Waals surface area contributed by atoms with Gasteiger partial charge in [-0.3, -0.25) is 35.0 Å². The first-order valence-corrected chi connectivity index (χ1v) is 20.0. The van der Waals surface area contributed by atoms with Crippen LogP contribution in [0.4, 0.5) is 14.7 Å². The van der Waals surface area contributed by atoms with E-state index in [1.807, 2.05) is 4.57 Å². The number of aliphatic imine (C=N–C) groups is 1. The molecule has 2 atom stereocenters. The number of piperidine rings is 2. The van der Waals surface area contributed by atoms with E-state index >= 15 is 8.78 Å². The molecule has 5 heterocycles. The van der Waals surface area contributed by atoms with Crippen molar-refractivity contribution in [1.29, 1.82) is 0 Å². The Balaban J connectivity index is 1.01. The van der Waals surface area contributed by atoms with E-state index in [-0.39, 0.29) is 30.4 Å². The normalized spacial score (nSPS) is 21.3. The minimum absolute atomic E-state index is 0.0301. The van der Waals surface area contributed by atoms with Crippen molar-refractivity contribution >= 4 is 52.1 Å². The number of fused-ring (bicyclic) bond motifs is 5. The summed E-state index contributed by atoms with van der Waals surface area (Å²) in [7, 11) is 1.62. The third-order valence-electron chi connectivity index (χ3n) is 11.1. The Hall–Kier alpha value is -6.03. The fourth-order valence-electron chi connectivity index (χ4n) is 8.01. The van der Waals surface area contributed by atoms with Gasteiger partial charge >= 0.3 is 5.97 Å². The van der Waals surface area contributed by atoms with Crippen LogP contribution in [-0.4, -0.2) is 88.4 Å². The quantitative estimate of drug-likeness (QED) is 0.168. The molecule has 2 bridgehead atoms. The molecule has 3 aliphatic rings. The van der Waals surface area contributed by atoms with Crippen LogP contribution in [0.2, 0.25) is 0 Å². The second-order valence-electron chi connectivity index (χ2n) is 15.5. The summed E-state index contributed by atoms with van der Waals surface area (Å²) in [5.41, 5.74) is 9.68. The van der Waals surface area contributed by atoms with E-state index in [2.05, 4.69) is 32.4 Å². The Morgan fingerprint density at radius 2 is 1.80 bits per heavy atom. The number of anilines is 1. The molecule has 14 nitrogen and oxygen atoms in total. The minimum Gasteiger partial charge on any atom is -0.477 e. The Labute approximate surface area is 340 Å². The molecule has 0 aliphatic carbocycles. The lowest BCUT2D eigenvalue weighted by molar-refractivity contribution is -0.134. The van der Waals surface area contributed by atoms with Crippen LogP contribution in [-0.2, 0) is 32.0 Å². The molecule has 4 aromatic rings. The first kappa shape index (κ1) is 41.1. The molecule has 0 unspecified atom stereocenters. The van der Waals surface area contributed by atoms with Crippen LogP contribution in [0.5, 0.6) is 0 Å². The number of pyridine rings is 1. The van der Waals surface area contributed by atoms with Gasteiger partial charge in [0.2, 0.25) is 23.7 Å². The van der Waals surface area contributed by atoms with E-state index in [1.54, 1.807) is 44.3 Å². The van der Waals surface area contributed by atoms with E-state index < -0.39 is 41.2 Å². The second kappa shape index (κ2) is 17.9. The standard InChI is InChI=1S/C43H48F2N8O6/c1-24-5-4-16-58-41(47-3)31(22-46)35-20-28(17-25(2)48-35)39(55)51-43-49-34-8-6-27(21-36(34)53(43)23-24)42(57)59-29-11-14-52(15-12-29)13-10-26-18-32(44)38(33(45)19-26)30-7-9-37(54)50-40(30)56/h6,8,17-22,24,29-30H,4-5,7,9-16,23,46H2,1-3H3,(H,49,51,55)(H,50,54,56)/t24-,30-/m1/s1. The number of imidazole rings is 1. The highest BCUT2D eigenvalue weighted by Crippen LogP contribution is 2.31. The number of hydrogen-bond donors (Lipinski definition) is 3. The number of rotatable bonds is 6. The maximum Gasteiger partial charge on any atom is 0.338 e. The number of carbonyl (C=O) groups excluding carboxylic acids is 4. The van der Waals surface area contributed by atoms with Gasteiger partial charge in [-0.25, -0.2) is 18.6 Å². The fraction of sp³-hybridized carbons (Fsp3) is 0.419. The van der Waals surface area contributed by atoms with Crippen molar-refractivity contribution in [2.45, 2.75) is 77.4 Å². The van der Waals surface area contributed by atoms with Gasteiger partial charge in [0, 0.05) is 62.7 Å². The number of nitrogens with zero attached hydrogens (tertiary/aromatic N) is 5. The first-order chi connectivity index (χ1) is 28.4. The molecule has 59 heavy (non-hydrogen) atoms. The topological polar surface area (TPSA) is 183 Å². The van der Waals surface area contributed by atoms with Gasteiger partial charge in [0.05, 0.1) is 40.4 Å². The number of aromatic nitrogens is 3. The lowest BCUT2D eigenvalue weighted by atomic mass is 9.89. The number of amides is 3. The van der Waals surface area contributed by atoms with Crippen molar-refractivity contribution in [2.24, 2.45) is 16.6 Å². The highest BCUT2D eigenvalue weighted by atomic mass is 19.1. The van der Waals surface area contributed by atoms with Crippen LogP contribution >= 0.6 is 0 Å². The molecule has 0 spiro atoms. The van der Waals surface area contributed by atoms with Gasteiger partial charge in [-0.2, -0.15) is 0 Å². The molecule has 2 fully saturated rings. The summed E-state index contributed by atoms with van der Waals surface area (Å²) < 4.78 is 44.0. The van der Waals surface area contributed by atoms with Crippen molar-refractivity contribution in [3.05, 3.63) is 93.9 Å². The molecule has 7 rings (SSSR count). The Morgan fingerprint density at radius 3 is 2.51 bits per heavy atom. The molecule has 16 heteroatoms. The van der Waals surface area contributed by atoms with Crippen LogP contribution in [0.1, 0.15) is 94.6 Å². The third-order valence-corrected chi connectivity index (χ3v) is 11.1. The number of benzene rings is 2. The summed E-state index contributed by atoms with van der Waals surface area (Å²) in [4.78, 5) is 66.8. The Kier molecular flexibility index (Phi) is 12.4. The summed E-state index contributed by atoms with van der Waals surface area (Å²) in [5, 5.41) is 5.14. The molecule has 2 aromatic carbocycles. The van der Waals surface area contributed by atoms with E-state index in [0.29, 0.717) is 109 Å². The lowest BCUT2D eigenvalue weighted by Crippen LogP contribution is -2.40. The van der Waals surface area contributed by atoms with Gasteiger partial charge < -0.3 is 24.7 Å². The molecule has 310 valence electrons. The molecule has 3 amide bonds. The third kappa shape index (κ3) is 9.32. The van der Waals surface area contributed by atoms with Crippen molar-refractivity contribution < 1.29 is 37.4 Å². The minimum atomic E-state index is -1.04. The lowest BCUT2D eigenvalue weighted by Gasteiger charge is -2.31. The van der Waals surface area contributed by atoms with Crippen molar-refractivity contribution in [1.82, 2.24) is 24.8 Å². The highest BCUT2D eigenvalue weighted by molar-refractivity contribution is 6.19. The highest BCUT2D eigenvalue weighted by Gasteiger charge is 2.33. The summed E-state index contributed by atoms with van der Waals surface area (Å²) >= 11 is 0. The zero-order valence-electron chi connectivity index (χ0n) is 33.4. The summed E-state index contributed by atoms with van der Waals surface area (Å²) in [6.45, 7) is 6.61. The molecule has 2 saturated heterocycles. The number of ether oxygens (including phenoxy) is 2. The smallest absolute Gasteiger partial charge is 0.338 e. The van der Waals surface area contributed by atoms with Crippen LogP contribution in [0.3, 0.4) is 0 Å². The largest absolute Gasteiger partial charge is 0.477 e. The Morgan fingerprint density at radius 1 is 1.03 bits per heavy atom. The molecular formula is C43H48F2N8O6. The number of nitrogens with one attached hydrogen (secondary N) is 2. The van der Waals surface area contributed by atoms with E-state index in [9.17, 15) is 19.2 Å². The molecule has 0 saturated carbocycles. The number of imide groups is 1. The van der Waals surface area contributed by atoms with E-state index in [4.69, 9.17) is 20.2 Å². The molecule has 0 radical (unpaired) electrons. The van der Waals surface area contributed by atoms with Gasteiger partial charge in [0.25, 0.3) is 5.91 Å². The fourth-order valence-corrected chi connectivity index (χ4v) is 8.01. The van der Waals surface area contributed by atoms with Gasteiger partial charge in [0.15, 0.2) is 0 Å². The molecular weight excluding hydrogens is 763 g/mol. The van der Waals surface area contributed by atoms with Crippen LogP contribution in [0, 0.1) is 24.5 Å². The van der Waals surface area contributed by atoms with E-state index in [1.165, 1.54) is 18.3 Å². The predicted octanol–water partition coefficient (Wildman–Crippen LogP) is 5.43. The first-order valence-electron chi connectivity index (χ1n) is 20.0. The van der Waals surface area contributed by atoms with Crippen molar-refractivity contribution in [2.75, 3.05) is 38.6 Å². The number of hydrogen-bond acceptors (Lipinski definition) is 11. The van der Waals surface area contributed by atoms with Gasteiger partial charge in [-0.05, 0) is 99.4 Å². The average molecular weight is 811 g/mol. The number of esters is 1. The second-order valence-corrected chi connectivity index (χ2v) is 15.5. The summed E-state index contributed by atoms with van der Waals surface area (Å²) in [5.74, 6) is -3.79. The van der Waals surface area contributed by atoms with Crippen LogP contribution in [0.25, 0.3) is 16.6 Å². The van der Waals surface area contributed by atoms with E-state index in [0.717, 1.165) is 12.8 Å². The SMILES string of the molecule is CN=C1OCCC[C@@H](C)Cn2c(nc3ccc(C(=O)OC4CCN(CCc5cc(F)c([C@H]6CCC(=O)NC6=O)c(F)c5)CC4)cc32)NC(=O)c2cc(C)nc(c2)C1=CN. The maximum atomic E-state index is 15.0. The van der Waals surface area contributed by atoms with Gasteiger partial charge in [-0.1, -0.05) is 6.92 Å². The molecule has 3 aliphatic heterocycles. The van der Waals surface area contributed by atoms with Gasteiger partial charge in [0.1, 0.15) is 17.7 Å². The zero-order valence-corrected chi connectivity index (χ0v) is 33.4. The molecule has 4 N–H and O–H groups in total. The predicted molar refractivity (Wildman–Crippen MR) is 217 cm³/mol. The number of likely N-dealkylation sites (tertiary alicyclic amines) is 1. The number of carbonyl (C=O) groups is 4. The van der Waals surface area contributed by atoms with Crippen LogP contribution < -0.4 is 16.4 Å². The maximum absolute atomic E-state index is 15.0. The van der Waals surface area contributed by atoms with Crippen molar-refractivity contribution in [3.8, 4) is 0 Å².